The van der Waals surface area contributed by atoms with Crippen LogP contribution in [0.2, 0.25) is 0 Å². The van der Waals surface area contributed by atoms with Crippen LogP contribution < -0.4 is 38.3 Å². The molecule has 0 radical (unpaired) electrons. The molecule has 4 unspecified atom stereocenters. The molecule has 1 saturated heterocycles. The van der Waals surface area contributed by atoms with E-state index in [0.717, 1.165) is 23.6 Å². The lowest BCUT2D eigenvalue weighted by atomic mass is 9.89. The third kappa shape index (κ3) is 25.8. The number of H-pyrrole nitrogens is 1. The number of carboxylic acid groups (broad SMARTS) is 1. The molecule has 31 nitrogen and oxygen atoms in total. The first-order valence-corrected chi connectivity index (χ1v) is 37.8. The van der Waals surface area contributed by atoms with Crippen molar-refractivity contribution in [3.63, 3.8) is 0 Å². The molecule has 3 aromatic rings. The lowest BCUT2D eigenvalue weighted by molar-refractivity contribution is -0.144. The van der Waals surface area contributed by atoms with E-state index in [1.165, 1.54) is 24.3 Å². The van der Waals surface area contributed by atoms with E-state index in [0.29, 0.717) is 89.8 Å². The third-order valence-electron chi connectivity index (χ3n) is 13.0. The average molecular weight is 1440 g/mol. The number of amides is 3. The van der Waals surface area contributed by atoms with Gasteiger partial charge < -0.3 is 84.6 Å². The van der Waals surface area contributed by atoms with Crippen LogP contribution in [0.4, 0.5) is 10.5 Å². The highest BCUT2D eigenvalue weighted by Gasteiger charge is 2.47. The first-order valence-electron chi connectivity index (χ1n) is 28.5. The van der Waals surface area contributed by atoms with E-state index in [1.807, 2.05) is 13.8 Å². The topological polar surface area (TPSA) is 458 Å². The van der Waals surface area contributed by atoms with E-state index in [9.17, 15) is 57.4 Å². The normalized spacial score (nSPS) is 16.6. The molecule has 12 N–H and O–H groups in total. The highest BCUT2D eigenvalue weighted by Crippen LogP contribution is 2.67. The number of nitrogens with one attached hydrogen (secondary N) is 5. The fraction of sp³-hybridized carbons (Fsp3) is 0.473. The van der Waals surface area contributed by atoms with Crippen LogP contribution >= 0.6 is 45.1 Å². The summed E-state index contributed by atoms with van der Waals surface area (Å²) in [6.45, 7) is 7.96. The summed E-state index contributed by atoms with van der Waals surface area (Å²) in [7, 11) is -14.8. The number of esters is 1. The first kappa shape index (κ1) is 76.3. The Labute approximate surface area is 547 Å². The van der Waals surface area contributed by atoms with Crippen LogP contribution in [0.25, 0.3) is 33.4 Å². The van der Waals surface area contributed by atoms with Gasteiger partial charge in [0.15, 0.2) is 6.29 Å². The molecule has 0 bridgehead atoms. The highest BCUT2D eigenvalue weighted by atomic mass is 33.1. The molecule has 2 aromatic carbocycles. The number of anilines is 1. The smallest absolute Gasteiger partial charge is 0.478 e. The summed E-state index contributed by atoms with van der Waals surface area (Å²) < 4.78 is 88.3. The van der Waals surface area contributed by atoms with Gasteiger partial charge in [-0.1, -0.05) is 49.8 Å². The van der Waals surface area contributed by atoms with Crippen molar-refractivity contribution in [3.8, 4) is 34.3 Å². The van der Waals surface area contributed by atoms with E-state index >= 15 is 0 Å². The highest BCUT2D eigenvalue weighted by molar-refractivity contribution is 8.77. The van der Waals surface area contributed by atoms with Crippen molar-refractivity contribution in [3.05, 3.63) is 104 Å². The van der Waals surface area contributed by atoms with E-state index in [2.05, 4.69) is 41.4 Å². The van der Waals surface area contributed by atoms with E-state index in [1.54, 1.807) is 58.8 Å². The maximum absolute atomic E-state index is 13.3. The Bertz CT molecular complexity index is 3820. The molecule has 3 aliphatic rings. The number of unbranched alkanes of at least 4 members (excludes halogenated alkanes) is 2. The second kappa shape index (κ2) is 36.4. The maximum Gasteiger partial charge on any atom is 0.490 e. The Kier molecular flexibility index (Phi) is 29.9. The molecular formula is C55H72N7O24P3S4. The van der Waals surface area contributed by atoms with Gasteiger partial charge in [-0.2, -0.15) is 8.62 Å². The molecule has 2 aliphatic heterocycles. The van der Waals surface area contributed by atoms with Gasteiger partial charge in [0.05, 0.1) is 49.8 Å². The molecule has 0 saturated carbocycles. The number of urea groups is 1. The summed E-state index contributed by atoms with van der Waals surface area (Å²) in [6.07, 6.45) is -0.398. The largest absolute Gasteiger partial charge is 0.490 e. The van der Waals surface area contributed by atoms with Crippen molar-refractivity contribution in [1.29, 1.82) is 5.41 Å². The zero-order chi connectivity index (χ0) is 67.9. The number of aromatic nitrogens is 2. The van der Waals surface area contributed by atoms with Crippen LogP contribution in [-0.4, -0.2) is 152 Å². The van der Waals surface area contributed by atoms with E-state index in [-0.39, 0.29) is 91.1 Å². The predicted octanol–water partition coefficient (Wildman–Crippen LogP) is 5.98. The molecule has 6 atom stereocenters. The van der Waals surface area contributed by atoms with Gasteiger partial charge in [-0.25, -0.2) is 28.1 Å². The van der Waals surface area contributed by atoms with Gasteiger partial charge >= 0.3 is 47.1 Å². The van der Waals surface area contributed by atoms with Crippen LogP contribution in [0.1, 0.15) is 98.2 Å². The Hall–Kier alpha value is -5.67. The van der Waals surface area contributed by atoms with Crippen LogP contribution in [0, 0.1) is 17.3 Å². The minimum Gasteiger partial charge on any atom is -0.478 e. The summed E-state index contributed by atoms with van der Waals surface area (Å²) in [5.74, 6) is 4.39. The van der Waals surface area contributed by atoms with Gasteiger partial charge in [0, 0.05) is 90.0 Å². The number of aromatic carboxylic acids is 1. The predicted molar refractivity (Wildman–Crippen MR) is 346 cm³/mol. The molecule has 38 heteroatoms. The van der Waals surface area contributed by atoms with Crippen molar-refractivity contribution in [2.24, 2.45) is 0 Å². The number of carbonyl (C=O) groups excluding carboxylic acids is 3. The SMILES string of the molecule is CCS(=S)COC1C[C@H](n2cc(C#CCNC(=O)NCCCCCOCSSC(C)(C)CCOC(=O)CCCOCCOCCNC(=O)c3ccc(C(=O)O)c(-c4c5ccc(=N)cc-5oc5cc(N)ccc45)c3)c(=O)[nH]c2=O)O[C@@H]1OP(=O)(O)OP(=O)(O)OP(=O)(O)O. The van der Waals surface area contributed by atoms with Crippen molar-refractivity contribution >= 4 is 106 Å². The number of carboxylic acids is 1. The molecule has 1 aromatic heterocycles. The van der Waals surface area contributed by atoms with Gasteiger partial charge in [0.1, 0.15) is 35.2 Å². The van der Waals surface area contributed by atoms with Gasteiger partial charge in [0.25, 0.3) is 11.5 Å². The van der Waals surface area contributed by atoms with Crippen molar-refractivity contribution in [1.82, 2.24) is 25.5 Å². The number of phosphoric acid groups is 3. The van der Waals surface area contributed by atoms with Gasteiger partial charge in [-0.15, -0.1) is 0 Å². The molecule has 3 amide bonds. The molecule has 93 heavy (non-hydrogen) atoms. The van der Waals surface area contributed by atoms with Crippen LogP contribution in [0.3, 0.4) is 0 Å². The van der Waals surface area contributed by atoms with Gasteiger partial charge in [-0.3, -0.25) is 28.5 Å². The van der Waals surface area contributed by atoms with E-state index < -0.39 is 80.7 Å². The summed E-state index contributed by atoms with van der Waals surface area (Å²) in [5, 5.41) is 27.1. The Morgan fingerprint density at radius 1 is 0.882 bits per heavy atom. The summed E-state index contributed by atoms with van der Waals surface area (Å²) in [5.41, 5.74) is 6.29. The lowest BCUT2D eigenvalue weighted by Crippen LogP contribution is -2.36. The average Bonchev–Trinajstić information content (AvgIpc) is 1.25. The zero-order valence-electron chi connectivity index (χ0n) is 50.4. The fourth-order valence-electron chi connectivity index (χ4n) is 8.58. The first-order chi connectivity index (χ1) is 44.0. The molecular weight excluding hydrogens is 1360 g/mol. The number of nitrogens with two attached hydrogens (primary N) is 1. The minimum absolute atomic E-state index is 0.0254. The zero-order valence-corrected chi connectivity index (χ0v) is 56.4. The Morgan fingerprint density at radius 3 is 2.38 bits per heavy atom. The molecule has 3 heterocycles. The molecule has 0 spiro atoms. The summed E-state index contributed by atoms with van der Waals surface area (Å²) in [4.78, 5) is 115. The van der Waals surface area contributed by atoms with Crippen molar-refractivity contribution in [2.75, 3.05) is 82.6 Å². The van der Waals surface area contributed by atoms with E-state index in [4.69, 9.17) is 69.5 Å². The monoisotopic (exact) mass is 1440 g/mol. The van der Waals surface area contributed by atoms with Crippen molar-refractivity contribution < 1.29 is 104 Å². The standard InChI is InChI=1S/C55H72N7O24P3S4/c1-4-93(90)34-81-45-31-46(83-52(45)84-88(73,74)86-89(75,76)85-87(70,71)72)62-32-36(50(65)61-54(62)69)10-8-20-60-53(68)59-19-6-5-7-22-79-33-91-92-55(2,3)18-24-80-47(63)11-9-23-77-26-27-78-25-21-58-49(64)35-12-15-39(51(66)67)42(28-35)48-40-16-13-37(56)29-43(40)82-44-30-38(57)14-17-41(44)48/h12-17,28-30,32,45-46,52,56H,4-7,9,11,18-27,31,33-34,57H2,1-3H3,(H,58,64)(H,66,67)(H,73,74)(H,75,76)(H2,59,60,68)(H,61,65,69)(H2,70,71,72)/t45?,46-,52-,93?/m1/s1. The number of nitrogens with zero attached hydrogens (tertiary/aromatic N) is 1. The number of aromatic amines is 1. The Morgan fingerprint density at radius 2 is 1.63 bits per heavy atom. The molecule has 1 fully saturated rings. The number of carbonyl (C=O) groups is 4. The second-order valence-corrected chi connectivity index (χ2v) is 31.1. The third-order valence-corrected chi connectivity index (χ3v) is 21.9. The second-order valence-electron chi connectivity index (χ2n) is 20.7. The number of benzene rings is 3. The Balaban J connectivity index is 0.772. The molecule has 510 valence electrons. The van der Waals surface area contributed by atoms with Crippen LogP contribution in [0.5, 0.6) is 0 Å². The number of rotatable bonds is 38. The van der Waals surface area contributed by atoms with Crippen LogP contribution in [-0.2, 0) is 80.7 Å². The molecule has 6 rings (SSSR count). The summed E-state index contributed by atoms with van der Waals surface area (Å²) in [6, 6.07) is 13.6. The molecule has 1 aliphatic carbocycles. The number of nitrogen functional groups attached to an aromatic ring is 1. The number of hydrogen-bond donors (Lipinski definition) is 11. The quantitative estimate of drug-likeness (QED) is 0.00316. The number of phosphoric ester groups is 1. The lowest BCUT2D eigenvalue weighted by Gasteiger charge is -2.22. The number of ether oxygens (including phenoxy) is 6. The number of hydrogen-bond acceptors (Lipinski definition) is 24. The van der Waals surface area contributed by atoms with Gasteiger partial charge in [-0.05, 0) is 111 Å². The summed E-state index contributed by atoms with van der Waals surface area (Å²) >= 11 is 5.26. The van der Waals surface area contributed by atoms with Gasteiger partial charge in [0.2, 0.25) is 0 Å². The number of fused-ring (bicyclic) bond motifs is 2. The maximum atomic E-state index is 13.3. The van der Waals surface area contributed by atoms with Crippen LogP contribution in [0.15, 0.2) is 74.8 Å². The minimum atomic E-state index is -5.88. The van der Waals surface area contributed by atoms with Crippen molar-refractivity contribution in [2.45, 2.75) is 89.1 Å². The fourth-order valence-corrected chi connectivity index (χ4v) is 14.6.